The summed E-state index contributed by atoms with van der Waals surface area (Å²) < 4.78 is 11.1. The zero-order valence-corrected chi connectivity index (χ0v) is 16.2. The summed E-state index contributed by atoms with van der Waals surface area (Å²) >= 11 is 5.98. The second-order valence-electron chi connectivity index (χ2n) is 6.32. The predicted molar refractivity (Wildman–Crippen MR) is 114 cm³/mol. The average Bonchev–Trinajstić information content (AvgIpc) is 2.75. The van der Waals surface area contributed by atoms with Crippen molar-refractivity contribution < 1.29 is 13.9 Å². The molecule has 0 fully saturated rings. The van der Waals surface area contributed by atoms with Gasteiger partial charge in [0, 0.05) is 10.6 Å². The second kappa shape index (κ2) is 7.81. The number of nitrogens with one attached hydrogen (secondary N) is 1. The van der Waals surface area contributed by atoms with Crippen LogP contribution in [0.3, 0.4) is 0 Å². The highest BCUT2D eigenvalue weighted by molar-refractivity contribution is 6.30. The average molecular weight is 406 g/mol. The van der Waals surface area contributed by atoms with Crippen LogP contribution >= 0.6 is 11.6 Å². The first-order valence-electron chi connectivity index (χ1n) is 8.84. The molecule has 1 N–H and O–H groups in total. The fourth-order valence-corrected chi connectivity index (χ4v) is 3.17. The van der Waals surface area contributed by atoms with Crippen LogP contribution in [0, 0.1) is 0 Å². The monoisotopic (exact) mass is 405 g/mol. The van der Waals surface area contributed by atoms with E-state index in [4.69, 9.17) is 20.8 Å². The minimum atomic E-state index is -0.419. The van der Waals surface area contributed by atoms with Crippen molar-refractivity contribution in [2.75, 3.05) is 12.4 Å². The van der Waals surface area contributed by atoms with Crippen molar-refractivity contribution in [1.29, 1.82) is 0 Å². The van der Waals surface area contributed by atoms with Crippen molar-refractivity contribution >= 4 is 34.4 Å². The van der Waals surface area contributed by atoms with Gasteiger partial charge in [0.1, 0.15) is 11.3 Å². The summed E-state index contributed by atoms with van der Waals surface area (Å²) in [5, 5.41) is 3.70. The predicted octanol–water partition coefficient (Wildman–Crippen LogP) is 5.37. The number of ether oxygens (including phenoxy) is 1. The van der Waals surface area contributed by atoms with Crippen LogP contribution in [0.1, 0.15) is 10.4 Å². The Morgan fingerprint density at radius 3 is 2.52 bits per heavy atom. The van der Waals surface area contributed by atoms with E-state index in [1.54, 1.807) is 72.8 Å². The van der Waals surface area contributed by atoms with E-state index in [0.29, 0.717) is 32.9 Å². The Kier molecular flexibility index (Phi) is 5.06. The van der Waals surface area contributed by atoms with Crippen LogP contribution in [0.5, 0.6) is 5.75 Å². The molecule has 0 aliphatic rings. The number of fused-ring (bicyclic) bond motifs is 1. The molecule has 0 spiro atoms. The zero-order valence-electron chi connectivity index (χ0n) is 15.4. The highest BCUT2D eigenvalue weighted by atomic mass is 35.5. The van der Waals surface area contributed by atoms with E-state index >= 15 is 0 Å². The molecule has 0 bridgehead atoms. The number of hydrogen-bond donors (Lipinski definition) is 1. The molecule has 1 heterocycles. The molecule has 5 nitrogen and oxygen atoms in total. The lowest BCUT2D eigenvalue weighted by molar-refractivity contribution is 0.102. The molecule has 0 unspecified atom stereocenters. The van der Waals surface area contributed by atoms with Gasteiger partial charge < -0.3 is 9.15 Å². The number of carbonyl (C=O) groups is 1. The van der Waals surface area contributed by atoms with Crippen molar-refractivity contribution in [2.24, 2.45) is 0 Å². The maximum atomic E-state index is 13.2. The Hall–Kier alpha value is -3.57. The molecule has 1 amide bonds. The Morgan fingerprint density at radius 1 is 1.00 bits per heavy atom. The number of para-hydroxylation sites is 1. The van der Waals surface area contributed by atoms with Crippen LogP contribution in [0.2, 0.25) is 5.02 Å². The van der Waals surface area contributed by atoms with E-state index in [2.05, 4.69) is 5.32 Å². The minimum Gasteiger partial charge on any atom is -0.497 e. The number of benzene rings is 3. The highest BCUT2D eigenvalue weighted by Gasteiger charge is 2.19. The van der Waals surface area contributed by atoms with Crippen LogP contribution in [0.25, 0.3) is 22.1 Å². The van der Waals surface area contributed by atoms with E-state index in [9.17, 15) is 9.59 Å². The van der Waals surface area contributed by atoms with Crippen molar-refractivity contribution in [3.8, 4) is 16.9 Å². The molecular formula is C23H16ClNO4. The smallest absolute Gasteiger partial charge is 0.258 e. The van der Waals surface area contributed by atoms with E-state index in [0.717, 1.165) is 0 Å². The van der Waals surface area contributed by atoms with Gasteiger partial charge in [-0.25, -0.2) is 0 Å². The molecule has 29 heavy (non-hydrogen) atoms. The molecule has 3 aromatic carbocycles. The molecule has 4 rings (SSSR count). The van der Waals surface area contributed by atoms with Gasteiger partial charge in [0.15, 0.2) is 0 Å². The van der Waals surface area contributed by atoms with Gasteiger partial charge in [-0.3, -0.25) is 14.9 Å². The lowest BCUT2D eigenvalue weighted by Crippen LogP contribution is -2.16. The van der Waals surface area contributed by atoms with Crippen LogP contribution in [-0.4, -0.2) is 13.0 Å². The van der Waals surface area contributed by atoms with Crippen molar-refractivity contribution in [3.63, 3.8) is 0 Å². The molecule has 4 aromatic rings. The molecule has 0 saturated carbocycles. The zero-order chi connectivity index (χ0) is 20.4. The molecule has 0 saturated heterocycles. The Morgan fingerprint density at radius 2 is 1.76 bits per heavy atom. The van der Waals surface area contributed by atoms with Gasteiger partial charge in [-0.05, 0) is 48.0 Å². The van der Waals surface area contributed by atoms with E-state index in [1.165, 1.54) is 7.11 Å². The summed E-state index contributed by atoms with van der Waals surface area (Å²) in [5.41, 5.74) is 1.37. The first kappa shape index (κ1) is 18.8. The van der Waals surface area contributed by atoms with Crippen LogP contribution < -0.4 is 15.5 Å². The van der Waals surface area contributed by atoms with Crippen LogP contribution in [0.4, 0.5) is 5.88 Å². The van der Waals surface area contributed by atoms with Crippen molar-refractivity contribution in [2.45, 2.75) is 0 Å². The number of rotatable bonds is 4. The van der Waals surface area contributed by atoms with Gasteiger partial charge >= 0.3 is 0 Å². The summed E-state index contributed by atoms with van der Waals surface area (Å²) in [5.74, 6) is 0.205. The number of halogens is 1. The lowest BCUT2D eigenvalue weighted by atomic mass is 10.0. The molecule has 0 aliphatic heterocycles. The van der Waals surface area contributed by atoms with E-state index in [-0.39, 0.29) is 16.9 Å². The molecule has 144 valence electrons. The Balaban J connectivity index is 1.86. The number of carbonyl (C=O) groups excluding carboxylic acids is 1. The Labute approximate surface area is 171 Å². The van der Waals surface area contributed by atoms with Crippen LogP contribution in [-0.2, 0) is 0 Å². The van der Waals surface area contributed by atoms with E-state index in [1.807, 2.05) is 0 Å². The highest BCUT2D eigenvalue weighted by Crippen LogP contribution is 2.30. The summed E-state index contributed by atoms with van der Waals surface area (Å²) in [4.78, 5) is 26.0. The summed E-state index contributed by atoms with van der Waals surface area (Å²) in [6.07, 6.45) is 0. The number of methoxy groups -OCH3 is 1. The van der Waals surface area contributed by atoms with Gasteiger partial charge in [-0.1, -0.05) is 41.9 Å². The van der Waals surface area contributed by atoms with E-state index < -0.39 is 5.91 Å². The first-order valence-corrected chi connectivity index (χ1v) is 9.22. The lowest BCUT2D eigenvalue weighted by Gasteiger charge is -2.12. The number of anilines is 1. The molecule has 6 heteroatoms. The van der Waals surface area contributed by atoms with Gasteiger partial charge in [-0.15, -0.1) is 0 Å². The third-order valence-corrected chi connectivity index (χ3v) is 4.74. The summed E-state index contributed by atoms with van der Waals surface area (Å²) in [6.45, 7) is 0. The topological polar surface area (TPSA) is 68.5 Å². The van der Waals surface area contributed by atoms with Crippen molar-refractivity contribution in [3.05, 3.63) is 93.6 Å². The number of amides is 1. The normalized spacial score (nSPS) is 10.7. The minimum absolute atomic E-state index is 0.0730. The van der Waals surface area contributed by atoms with Crippen molar-refractivity contribution in [1.82, 2.24) is 0 Å². The first-order chi connectivity index (χ1) is 14.1. The van der Waals surface area contributed by atoms with Gasteiger partial charge in [0.25, 0.3) is 5.91 Å². The summed E-state index contributed by atoms with van der Waals surface area (Å²) in [7, 11) is 1.53. The quantitative estimate of drug-likeness (QED) is 0.495. The van der Waals surface area contributed by atoms with Crippen LogP contribution in [0.15, 0.2) is 82.0 Å². The molecule has 0 radical (unpaired) electrons. The van der Waals surface area contributed by atoms with Gasteiger partial charge in [0.05, 0.1) is 18.1 Å². The molecular weight excluding hydrogens is 390 g/mol. The third-order valence-electron chi connectivity index (χ3n) is 4.49. The molecule has 0 atom stereocenters. The third kappa shape index (κ3) is 3.73. The fourth-order valence-electron chi connectivity index (χ4n) is 3.05. The molecule has 1 aromatic heterocycles. The largest absolute Gasteiger partial charge is 0.497 e. The standard InChI is InChI=1S/C23H16ClNO4/c1-28-17-6-4-5-15(13-17)22(27)25-23-20(14-9-11-16(24)12-10-14)21(26)18-7-2-3-8-19(18)29-23/h2-13H,1H3,(H,25,27). The maximum absolute atomic E-state index is 13.2. The van der Waals surface area contributed by atoms with Gasteiger partial charge in [-0.2, -0.15) is 0 Å². The van der Waals surface area contributed by atoms with Gasteiger partial charge in [0.2, 0.25) is 11.3 Å². The fraction of sp³-hybridized carbons (Fsp3) is 0.0435. The SMILES string of the molecule is COc1cccc(C(=O)Nc2oc3ccccc3c(=O)c2-c2ccc(Cl)cc2)c1. The second-order valence-corrected chi connectivity index (χ2v) is 6.76. The summed E-state index contributed by atoms with van der Waals surface area (Å²) in [6, 6.07) is 20.4. The Bertz CT molecular complexity index is 1260. The number of hydrogen-bond acceptors (Lipinski definition) is 4. The molecule has 0 aliphatic carbocycles. The maximum Gasteiger partial charge on any atom is 0.258 e.